The van der Waals surface area contributed by atoms with E-state index in [0.29, 0.717) is 18.1 Å². The molecule has 0 radical (unpaired) electrons. The van der Waals surface area contributed by atoms with Crippen LogP contribution in [0.4, 0.5) is 8.78 Å². The predicted octanol–water partition coefficient (Wildman–Crippen LogP) is 2.70. The van der Waals surface area contributed by atoms with Gasteiger partial charge in [-0.2, -0.15) is 0 Å². The molecule has 5 nitrogen and oxygen atoms in total. The van der Waals surface area contributed by atoms with Crippen LogP contribution in [0.3, 0.4) is 0 Å². The quantitative estimate of drug-likeness (QED) is 0.642. The Morgan fingerprint density at radius 2 is 2.12 bits per heavy atom. The van der Waals surface area contributed by atoms with E-state index in [4.69, 9.17) is 9.47 Å². The van der Waals surface area contributed by atoms with Gasteiger partial charge in [-0.1, -0.05) is 0 Å². The molecule has 1 aromatic carbocycles. The van der Waals surface area contributed by atoms with Crippen LogP contribution >= 0.6 is 0 Å². The van der Waals surface area contributed by atoms with Gasteiger partial charge >= 0.3 is 0 Å². The lowest BCUT2D eigenvalue weighted by molar-refractivity contribution is -0.0367. The highest BCUT2D eigenvalue weighted by Crippen LogP contribution is 2.18. The number of hydrogen-bond acceptors (Lipinski definition) is 3. The second kappa shape index (κ2) is 9.28. The third-order valence-corrected chi connectivity index (χ3v) is 4.94. The van der Waals surface area contributed by atoms with Gasteiger partial charge in [-0.15, -0.1) is 0 Å². The van der Waals surface area contributed by atoms with Gasteiger partial charge in [-0.3, -0.25) is 4.99 Å². The molecule has 0 spiro atoms. The summed E-state index contributed by atoms with van der Waals surface area (Å²) < 4.78 is 38.6. The number of piperidine rings is 1. The first-order chi connectivity index (χ1) is 12.7. The molecule has 3 rings (SSSR count). The summed E-state index contributed by atoms with van der Waals surface area (Å²) in [7, 11) is 1.70. The molecule has 0 bridgehead atoms. The van der Waals surface area contributed by atoms with Crippen molar-refractivity contribution >= 4 is 5.96 Å². The van der Waals surface area contributed by atoms with E-state index in [0.717, 1.165) is 57.5 Å². The molecule has 0 aromatic heterocycles. The number of benzene rings is 1. The van der Waals surface area contributed by atoms with Crippen LogP contribution in [0.1, 0.15) is 31.2 Å². The number of aliphatic imine (C=N–C) groups is 1. The van der Waals surface area contributed by atoms with Crippen LogP contribution < -0.4 is 5.32 Å². The Morgan fingerprint density at radius 1 is 1.31 bits per heavy atom. The Labute approximate surface area is 153 Å². The van der Waals surface area contributed by atoms with E-state index in [1.807, 2.05) is 0 Å². The highest BCUT2D eigenvalue weighted by molar-refractivity contribution is 5.79. The van der Waals surface area contributed by atoms with Crippen molar-refractivity contribution in [2.24, 2.45) is 4.99 Å². The minimum atomic E-state index is -0.442. The van der Waals surface area contributed by atoms with Gasteiger partial charge in [0.15, 0.2) is 5.96 Å². The van der Waals surface area contributed by atoms with Crippen molar-refractivity contribution in [1.29, 1.82) is 0 Å². The minimum absolute atomic E-state index is 0.200. The third kappa shape index (κ3) is 5.14. The first-order valence-electron chi connectivity index (χ1n) is 9.28. The maximum absolute atomic E-state index is 13.7. The van der Waals surface area contributed by atoms with Gasteiger partial charge in [-0.25, -0.2) is 8.78 Å². The fraction of sp³-hybridized carbons (Fsp3) is 0.632. The Kier molecular flexibility index (Phi) is 6.80. The van der Waals surface area contributed by atoms with E-state index >= 15 is 0 Å². The Hall–Kier alpha value is -1.73. The largest absolute Gasteiger partial charge is 0.376 e. The number of hydrogen-bond donors (Lipinski definition) is 1. The van der Waals surface area contributed by atoms with E-state index in [1.165, 1.54) is 6.07 Å². The van der Waals surface area contributed by atoms with E-state index in [1.54, 1.807) is 7.05 Å². The van der Waals surface area contributed by atoms with Crippen molar-refractivity contribution in [1.82, 2.24) is 10.2 Å². The van der Waals surface area contributed by atoms with Gasteiger partial charge in [-0.05, 0) is 43.9 Å². The molecule has 0 aliphatic carbocycles. The standard InChI is InChI=1S/C19H27F2N3O2/c1-22-19(23-12-14-11-15(20)4-5-18(14)21)24-8-6-16(7-9-24)26-13-17-3-2-10-25-17/h4-5,11,16-17H,2-3,6-10,12-13H2,1H3,(H,22,23). The van der Waals surface area contributed by atoms with Gasteiger partial charge in [0.05, 0.1) is 18.8 Å². The third-order valence-electron chi connectivity index (χ3n) is 4.94. The van der Waals surface area contributed by atoms with E-state index in [-0.39, 0.29) is 18.8 Å². The number of nitrogens with zero attached hydrogens (tertiary/aromatic N) is 2. The molecule has 0 saturated carbocycles. The maximum Gasteiger partial charge on any atom is 0.193 e. The average molecular weight is 367 g/mol. The Balaban J connectivity index is 1.43. The smallest absolute Gasteiger partial charge is 0.193 e. The lowest BCUT2D eigenvalue weighted by Gasteiger charge is -2.34. The molecule has 7 heteroatoms. The predicted molar refractivity (Wildman–Crippen MR) is 96.1 cm³/mol. The maximum atomic E-state index is 13.7. The van der Waals surface area contributed by atoms with E-state index in [9.17, 15) is 8.78 Å². The number of rotatable bonds is 5. The second-order valence-corrected chi connectivity index (χ2v) is 6.79. The van der Waals surface area contributed by atoms with Gasteiger partial charge in [0.1, 0.15) is 11.6 Å². The van der Waals surface area contributed by atoms with Crippen LogP contribution in [-0.4, -0.2) is 56.4 Å². The number of guanidine groups is 1. The summed E-state index contributed by atoms with van der Waals surface area (Å²) in [4.78, 5) is 6.40. The van der Waals surface area contributed by atoms with Crippen molar-refractivity contribution in [3.8, 4) is 0 Å². The summed E-state index contributed by atoms with van der Waals surface area (Å²) in [5.74, 6) is -0.163. The first-order valence-corrected chi connectivity index (χ1v) is 9.28. The molecule has 1 aromatic rings. The summed E-state index contributed by atoms with van der Waals surface area (Å²) >= 11 is 0. The van der Waals surface area contributed by atoms with Crippen LogP contribution in [-0.2, 0) is 16.0 Å². The van der Waals surface area contributed by atoms with Crippen LogP contribution in [0.5, 0.6) is 0 Å². The molecule has 1 unspecified atom stereocenters. The fourth-order valence-corrected chi connectivity index (χ4v) is 3.44. The molecule has 1 atom stereocenters. The molecule has 2 fully saturated rings. The van der Waals surface area contributed by atoms with E-state index < -0.39 is 11.6 Å². The normalized spacial score (nSPS) is 22.0. The molecule has 2 heterocycles. The van der Waals surface area contributed by atoms with Gasteiger partial charge in [0, 0.05) is 38.9 Å². The Morgan fingerprint density at radius 3 is 2.81 bits per heavy atom. The molecule has 144 valence electrons. The van der Waals surface area contributed by atoms with Crippen LogP contribution in [0.2, 0.25) is 0 Å². The van der Waals surface area contributed by atoms with Crippen molar-refractivity contribution in [2.45, 2.75) is 44.4 Å². The summed E-state index contributed by atoms with van der Waals surface area (Å²) in [6.07, 6.45) is 4.55. The summed E-state index contributed by atoms with van der Waals surface area (Å²) in [5, 5.41) is 3.12. The fourth-order valence-electron chi connectivity index (χ4n) is 3.44. The van der Waals surface area contributed by atoms with Crippen molar-refractivity contribution < 1.29 is 18.3 Å². The average Bonchev–Trinajstić information content (AvgIpc) is 3.18. The van der Waals surface area contributed by atoms with Gasteiger partial charge in [0.25, 0.3) is 0 Å². The molecule has 1 N–H and O–H groups in total. The molecule has 26 heavy (non-hydrogen) atoms. The molecule has 2 aliphatic rings. The Bertz CT molecular complexity index is 613. The molecular formula is C19H27F2N3O2. The zero-order chi connectivity index (χ0) is 18.4. The lowest BCUT2D eigenvalue weighted by Crippen LogP contribution is -2.47. The number of ether oxygens (including phenoxy) is 2. The lowest BCUT2D eigenvalue weighted by atomic mass is 10.1. The number of likely N-dealkylation sites (tertiary alicyclic amines) is 1. The monoisotopic (exact) mass is 367 g/mol. The molecular weight excluding hydrogens is 340 g/mol. The van der Waals surface area contributed by atoms with Crippen LogP contribution in [0.15, 0.2) is 23.2 Å². The number of halogens is 2. The van der Waals surface area contributed by atoms with Crippen LogP contribution in [0.25, 0.3) is 0 Å². The first kappa shape index (κ1) is 19.0. The highest BCUT2D eigenvalue weighted by atomic mass is 19.1. The highest BCUT2D eigenvalue weighted by Gasteiger charge is 2.24. The van der Waals surface area contributed by atoms with Crippen molar-refractivity contribution in [2.75, 3.05) is 33.4 Å². The SMILES string of the molecule is CN=C(NCc1cc(F)ccc1F)N1CCC(OCC2CCCO2)CC1. The summed E-state index contributed by atoms with van der Waals surface area (Å²) in [5.41, 5.74) is 0.293. The van der Waals surface area contributed by atoms with Crippen molar-refractivity contribution in [3.63, 3.8) is 0 Å². The van der Waals surface area contributed by atoms with Crippen LogP contribution in [0, 0.1) is 11.6 Å². The second-order valence-electron chi connectivity index (χ2n) is 6.79. The molecule has 0 amide bonds. The molecule has 2 saturated heterocycles. The van der Waals surface area contributed by atoms with Gasteiger partial charge < -0.3 is 19.7 Å². The summed E-state index contributed by atoms with van der Waals surface area (Å²) in [6.45, 7) is 3.37. The van der Waals surface area contributed by atoms with Gasteiger partial charge in [0.2, 0.25) is 0 Å². The molecule has 2 aliphatic heterocycles. The zero-order valence-electron chi connectivity index (χ0n) is 15.2. The zero-order valence-corrected chi connectivity index (χ0v) is 15.2. The topological polar surface area (TPSA) is 46.1 Å². The summed E-state index contributed by atoms with van der Waals surface area (Å²) in [6, 6.07) is 3.47. The van der Waals surface area contributed by atoms with Crippen molar-refractivity contribution in [3.05, 3.63) is 35.4 Å². The number of nitrogens with one attached hydrogen (secondary N) is 1. The van der Waals surface area contributed by atoms with E-state index in [2.05, 4.69) is 15.2 Å². The minimum Gasteiger partial charge on any atom is -0.376 e.